The zero-order chi connectivity index (χ0) is 14.4. The standard InChI is InChI=1S/C16H24N2O/c1-6-7-13(2)16(19)18(5)12-14-8-10-15(11-9-14)17(3)4/h7-11H,6,12H2,1-5H3. The first-order chi connectivity index (χ1) is 8.95. The molecule has 0 spiro atoms. The molecular weight excluding hydrogens is 236 g/mol. The average Bonchev–Trinajstić information content (AvgIpc) is 2.38. The molecule has 1 amide bonds. The van der Waals surface area contributed by atoms with Gasteiger partial charge in [0.15, 0.2) is 0 Å². The molecule has 0 radical (unpaired) electrons. The van der Waals surface area contributed by atoms with Gasteiger partial charge in [-0.05, 0) is 31.0 Å². The van der Waals surface area contributed by atoms with Gasteiger partial charge in [-0.25, -0.2) is 0 Å². The van der Waals surface area contributed by atoms with Crippen LogP contribution >= 0.6 is 0 Å². The van der Waals surface area contributed by atoms with Crippen LogP contribution < -0.4 is 4.90 Å². The number of amides is 1. The number of benzene rings is 1. The van der Waals surface area contributed by atoms with Crippen LogP contribution in [-0.2, 0) is 11.3 Å². The smallest absolute Gasteiger partial charge is 0.249 e. The van der Waals surface area contributed by atoms with Gasteiger partial charge >= 0.3 is 0 Å². The Kier molecular flexibility index (Phi) is 5.61. The maximum absolute atomic E-state index is 12.1. The molecule has 0 aliphatic heterocycles. The largest absolute Gasteiger partial charge is 0.378 e. The van der Waals surface area contributed by atoms with Crippen LogP contribution in [0.1, 0.15) is 25.8 Å². The molecule has 19 heavy (non-hydrogen) atoms. The third-order valence-electron chi connectivity index (χ3n) is 3.07. The lowest BCUT2D eigenvalue weighted by atomic mass is 10.1. The summed E-state index contributed by atoms with van der Waals surface area (Å²) < 4.78 is 0. The zero-order valence-electron chi connectivity index (χ0n) is 12.6. The lowest BCUT2D eigenvalue weighted by Crippen LogP contribution is -2.26. The Labute approximate surface area is 116 Å². The second-order valence-electron chi connectivity index (χ2n) is 5.02. The van der Waals surface area contributed by atoms with Crippen molar-refractivity contribution < 1.29 is 4.79 Å². The van der Waals surface area contributed by atoms with Crippen molar-refractivity contribution in [2.24, 2.45) is 0 Å². The molecule has 0 fully saturated rings. The van der Waals surface area contributed by atoms with Crippen molar-refractivity contribution in [1.29, 1.82) is 0 Å². The normalized spacial score (nSPS) is 11.3. The molecule has 0 unspecified atom stereocenters. The Bertz CT molecular complexity index is 446. The summed E-state index contributed by atoms with van der Waals surface area (Å²) in [6, 6.07) is 8.28. The summed E-state index contributed by atoms with van der Waals surface area (Å²) in [7, 11) is 5.88. The summed E-state index contributed by atoms with van der Waals surface area (Å²) in [6.07, 6.45) is 2.86. The van der Waals surface area contributed by atoms with E-state index in [1.54, 1.807) is 4.90 Å². The Hall–Kier alpha value is -1.77. The van der Waals surface area contributed by atoms with E-state index >= 15 is 0 Å². The molecule has 0 bridgehead atoms. The van der Waals surface area contributed by atoms with E-state index in [1.807, 2.05) is 41.1 Å². The maximum atomic E-state index is 12.1. The van der Waals surface area contributed by atoms with Crippen molar-refractivity contribution in [1.82, 2.24) is 4.90 Å². The van der Waals surface area contributed by atoms with Gasteiger partial charge < -0.3 is 9.80 Å². The third-order valence-corrected chi connectivity index (χ3v) is 3.07. The van der Waals surface area contributed by atoms with Gasteiger partial charge in [0.1, 0.15) is 0 Å². The molecule has 0 heterocycles. The van der Waals surface area contributed by atoms with Gasteiger partial charge in [-0.1, -0.05) is 25.1 Å². The van der Waals surface area contributed by atoms with Crippen LogP contribution in [0.4, 0.5) is 5.69 Å². The number of rotatable bonds is 5. The van der Waals surface area contributed by atoms with E-state index < -0.39 is 0 Å². The van der Waals surface area contributed by atoms with Crippen LogP contribution in [-0.4, -0.2) is 32.0 Å². The highest BCUT2D eigenvalue weighted by Gasteiger charge is 2.10. The Morgan fingerprint density at radius 3 is 2.21 bits per heavy atom. The molecule has 0 saturated carbocycles. The molecule has 1 rings (SSSR count). The third kappa shape index (κ3) is 4.43. The number of nitrogens with zero attached hydrogens (tertiary/aromatic N) is 2. The molecule has 0 aliphatic rings. The summed E-state index contributed by atoms with van der Waals surface area (Å²) >= 11 is 0. The zero-order valence-corrected chi connectivity index (χ0v) is 12.6. The lowest BCUT2D eigenvalue weighted by Gasteiger charge is -2.18. The predicted octanol–water partition coefficient (Wildman–Crippen LogP) is 3.07. The van der Waals surface area contributed by atoms with E-state index in [1.165, 1.54) is 5.69 Å². The summed E-state index contributed by atoms with van der Waals surface area (Å²) in [6.45, 7) is 4.55. The van der Waals surface area contributed by atoms with E-state index in [9.17, 15) is 4.79 Å². The monoisotopic (exact) mass is 260 g/mol. The quantitative estimate of drug-likeness (QED) is 0.760. The van der Waals surface area contributed by atoms with Gasteiger partial charge in [-0.15, -0.1) is 0 Å². The maximum Gasteiger partial charge on any atom is 0.249 e. The van der Waals surface area contributed by atoms with Crippen LogP contribution in [0.25, 0.3) is 0 Å². The second kappa shape index (κ2) is 6.98. The Balaban J connectivity index is 2.69. The predicted molar refractivity (Wildman–Crippen MR) is 81.3 cm³/mol. The van der Waals surface area contributed by atoms with Crippen molar-refractivity contribution in [3.8, 4) is 0 Å². The number of anilines is 1. The molecule has 3 heteroatoms. The number of hydrogen-bond donors (Lipinski definition) is 0. The van der Waals surface area contributed by atoms with Crippen LogP contribution in [0, 0.1) is 0 Å². The van der Waals surface area contributed by atoms with Crippen molar-refractivity contribution in [3.05, 3.63) is 41.5 Å². The summed E-state index contributed by atoms with van der Waals surface area (Å²) in [4.78, 5) is 15.9. The van der Waals surface area contributed by atoms with Crippen LogP contribution in [0.15, 0.2) is 35.9 Å². The number of likely N-dealkylation sites (N-methyl/N-ethyl adjacent to an activating group) is 1. The minimum absolute atomic E-state index is 0.0959. The molecule has 1 aromatic carbocycles. The second-order valence-corrected chi connectivity index (χ2v) is 5.02. The summed E-state index contributed by atoms with van der Waals surface area (Å²) in [5, 5.41) is 0. The first-order valence-corrected chi connectivity index (χ1v) is 6.64. The number of carbonyl (C=O) groups excluding carboxylic acids is 1. The fourth-order valence-corrected chi connectivity index (χ4v) is 1.94. The van der Waals surface area contributed by atoms with Gasteiger partial charge in [-0.3, -0.25) is 4.79 Å². The van der Waals surface area contributed by atoms with Crippen molar-refractivity contribution in [2.75, 3.05) is 26.0 Å². The highest BCUT2D eigenvalue weighted by molar-refractivity contribution is 5.92. The SMILES string of the molecule is CCC=C(C)C(=O)N(C)Cc1ccc(N(C)C)cc1. The van der Waals surface area contributed by atoms with E-state index in [0.29, 0.717) is 6.54 Å². The van der Waals surface area contributed by atoms with Crippen molar-refractivity contribution >= 4 is 11.6 Å². The number of allylic oxidation sites excluding steroid dienone is 1. The molecule has 0 atom stereocenters. The number of hydrogen-bond acceptors (Lipinski definition) is 2. The van der Waals surface area contributed by atoms with Gasteiger partial charge in [0.05, 0.1) is 0 Å². The van der Waals surface area contributed by atoms with Crippen molar-refractivity contribution in [3.63, 3.8) is 0 Å². The van der Waals surface area contributed by atoms with Crippen molar-refractivity contribution in [2.45, 2.75) is 26.8 Å². The Morgan fingerprint density at radius 1 is 1.16 bits per heavy atom. The van der Waals surface area contributed by atoms with Crippen LogP contribution in [0.2, 0.25) is 0 Å². The molecule has 1 aromatic rings. The fourth-order valence-electron chi connectivity index (χ4n) is 1.94. The van der Waals surface area contributed by atoms with E-state index in [4.69, 9.17) is 0 Å². The first kappa shape index (κ1) is 15.3. The van der Waals surface area contributed by atoms with Gasteiger partial charge in [0.2, 0.25) is 5.91 Å². The lowest BCUT2D eigenvalue weighted by molar-refractivity contribution is -0.126. The van der Waals surface area contributed by atoms with E-state index in [-0.39, 0.29) is 5.91 Å². The van der Waals surface area contributed by atoms with Gasteiger partial charge in [0, 0.05) is 38.9 Å². The molecule has 104 valence electrons. The highest BCUT2D eigenvalue weighted by atomic mass is 16.2. The van der Waals surface area contributed by atoms with Gasteiger partial charge in [-0.2, -0.15) is 0 Å². The van der Waals surface area contributed by atoms with E-state index in [2.05, 4.69) is 29.2 Å². The molecule has 0 saturated heterocycles. The fraction of sp³-hybridized carbons (Fsp3) is 0.438. The minimum atomic E-state index is 0.0959. The van der Waals surface area contributed by atoms with E-state index in [0.717, 1.165) is 17.6 Å². The van der Waals surface area contributed by atoms with Gasteiger partial charge in [0.25, 0.3) is 0 Å². The molecule has 0 aromatic heterocycles. The molecular formula is C16H24N2O. The Morgan fingerprint density at radius 2 is 1.74 bits per heavy atom. The van der Waals surface area contributed by atoms with Crippen LogP contribution in [0.5, 0.6) is 0 Å². The highest BCUT2D eigenvalue weighted by Crippen LogP contribution is 2.14. The molecule has 0 N–H and O–H groups in total. The first-order valence-electron chi connectivity index (χ1n) is 6.64. The molecule has 3 nitrogen and oxygen atoms in total. The topological polar surface area (TPSA) is 23.6 Å². The number of carbonyl (C=O) groups is 1. The molecule has 0 aliphatic carbocycles. The summed E-state index contributed by atoms with van der Waals surface area (Å²) in [5.74, 6) is 0.0959. The summed E-state index contributed by atoms with van der Waals surface area (Å²) in [5.41, 5.74) is 3.13. The minimum Gasteiger partial charge on any atom is -0.378 e. The van der Waals surface area contributed by atoms with Crippen LogP contribution in [0.3, 0.4) is 0 Å². The average molecular weight is 260 g/mol.